The zero-order valence-electron chi connectivity index (χ0n) is 13.1. The topological polar surface area (TPSA) is 43.6 Å². The first kappa shape index (κ1) is 17.9. The number of hydrogen-bond acceptors (Lipinski definition) is 3. The zero-order valence-corrected chi connectivity index (χ0v) is 15.5. The van der Waals surface area contributed by atoms with Crippen molar-refractivity contribution in [1.82, 2.24) is 4.57 Å². The van der Waals surface area contributed by atoms with E-state index in [9.17, 15) is 9.18 Å². The van der Waals surface area contributed by atoms with E-state index in [1.807, 2.05) is 11.5 Å². The molecule has 0 aliphatic carbocycles. The van der Waals surface area contributed by atoms with Gasteiger partial charge in [-0.05, 0) is 43.3 Å². The molecule has 0 aliphatic rings. The molecule has 1 heterocycles. The molecule has 0 fully saturated rings. The highest BCUT2D eigenvalue weighted by Gasteiger charge is 2.09. The fraction of sp³-hybridized carbons (Fsp3) is 0.176. The van der Waals surface area contributed by atoms with Crippen LogP contribution in [-0.2, 0) is 11.3 Å². The minimum Gasteiger partial charge on any atom is -0.482 e. The first-order chi connectivity index (χ1) is 12.0. The summed E-state index contributed by atoms with van der Waals surface area (Å²) >= 11 is 13.1. The van der Waals surface area contributed by atoms with Crippen LogP contribution in [0, 0.1) is 5.82 Å². The summed E-state index contributed by atoms with van der Waals surface area (Å²) in [4.78, 5) is 16.7. The Balaban J connectivity index is 1.84. The average Bonchev–Trinajstić information content (AvgIpc) is 2.89. The van der Waals surface area contributed by atoms with Crippen LogP contribution in [0.15, 0.2) is 41.4 Å². The Morgan fingerprint density at radius 1 is 1.28 bits per heavy atom. The van der Waals surface area contributed by atoms with Crippen LogP contribution in [-0.4, -0.2) is 17.1 Å². The standard InChI is InChI=1S/C17H13Cl2FN2O2S/c1-2-22-13-5-4-11(20)8-15(13)25-17(22)21-16(23)9-24-14-6-3-10(18)7-12(14)19/h3-8H,2,9H2,1H3. The summed E-state index contributed by atoms with van der Waals surface area (Å²) in [6.45, 7) is 2.29. The van der Waals surface area contributed by atoms with E-state index in [2.05, 4.69) is 4.99 Å². The number of nitrogens with zero attached hydrogens (tertiary/aromatic N) is 2. The number of halogens is 3. The molecule has 130 valence electrons. The number of aryl methyl sites for hydroxylation is 1. The number of ether oxygens (including phenoxy) is 1. The predicted octanol–water partition coefficient (Wildman–Crippen LogP) is 4.67. The molecule has 0 saturated heterocycles. The second-order valence-corrected chi connectivity index (χ2v) is 6.96. The summed E-state index contributed by atoms with van der Waals surface area (Å²) < 4.78 is 21.4. The minimum absolute atomic E-state index is 0.256. The number of fused-ring (bicyclic) bond motifs is 1. The van der Waals surface area contributed by atoms with Crippen molar-refractivity contribution in [2.45, 2.75) is 13.5 Å². The highest BCUT2D eigenvalue weighted by atomic mass is 35.5. The summed E-state index contributed by atoms with van der Waals surface area (Å²) in [7, 11) is 0. The van der Waals surface area contributed by atoms with Gasteiger partial charge in [-0.1, -0.05) is 34.5 Å². The molecule has 0 N–H and O–H groups in total. The monoisotopic (exact) mass is 398 g/mol. The van der Waals surface area contributed by atoms with Crippen LogP contribution in [0.2, 0.25) is 10.0 Å². The Labute approximate surface area is 157 Å². The molecule has 25 heavy (non-hydrogen) atoms. The van der Waals surface area contributed by atoms with E-state index in [-0.39, 0.29) is 12.4 Å². The van der Waals surface area contributed by atoms with Gasteiger partial charge in [0, 0.05) is 11.6 Å². The van der Waals surface area contributed by atoms with E-state index in [0.29, 0.717) is 27.1 Å². The van der Waals surface area contributed by atoms with Crippen LogP contribution in [0.3, 0.4) is 0 Å². The van der Waals surface area contributed by atoms with Gasteiger partial charge in [-0.25, -0.2) is 4.39 Å². The Morgan fingerprint density at radius 2 is 2.08 bits per heavy atom. The summed E-state index contributed by atoms with van der Waals surface area (Å²) in [5, 5.41) is 0.802. The molecule has 3 rings (SSSR count). The van der Waals surface area contributed by atoms with Gasteiger partial charge in [0.1, 0.15) is 11.6 Å². The van der Waals surface area contributed by atoms with Crippen molar-refractivity contribution < 1.29 is 13.9 Å². The molecular formula is C17H13Cl2FN2O2S. The third-order valence-electron chi connectivity index (χ3n) is 3.43. The third-order valence-corrected chi connectivity index (χ3v) is 5.00. The van der Waals surface area contributed by atoms with E-state index < -0.39 is 5.91 Å². The number of aromatic nitrogens is 1. The number of rotatable bonds is 4. The van der Waals surface area contributed by atoms with Gasteiger partial charge in [0.15, 0.2) is 11.4 Å². The van der Waals surface area contributed by atoms with Crippen molar-refractivity contribution in [2.75, 3.05) is 6.61 Å². The summed E-state index contributed by atoms with van der Waals surface area (Å²) in [5.41, 5.74) is 0.835. The summed E-state index contributed by atoms with van der Waals surface area (Å²) in [6.07, 6.45) is 0. The molecule has 0 spiro atoms. The first-order valence-electron chi connectivity index (χ1n) is 7.42. The van der Waals surface area contributed by atoms with Gasteiger partial charge >= 0.3 is 0 Å². The molecule has 1 aromatic heterocycles. The lowest BCUT2D eigenvalue weighted by atomic mass is 10.3. The molecule has 0 saturated carbocycles. The van der Waals surface area contributed by atoms with Crippen LogP contribution in [0.4, 0.5) is 4.39 Å². The van der Waals surface area contributed by atoms with Gasteiger partial charge in [0.25, 0.3) is 5.91 Å². The molecule has 3 aromatic rings. The lowest BCUT2D eigenvalue weighted by Gasteiger charge is -2.05. The maximum atomic E-state index is 13.4. The zero-order chi connectivity index (χ0) is 18.0. The molecule has 2 aromatic carbocycles. The number of thiazole rings is 1. The number of hydrogen-bond donors (Lipinski definition) is 0. The molecule has 0 unspecified atom stereocenters. The van der Waals surface area contributed by atoms with Crippen LogP contribution >= 0.6 is 34.5 Å². The van der Waals surface area contributed by atoms with Gasteiger partial charge in [0.05, 0.1) is 15.2 Å². The van der Waals surface area contributed by atoms with Gasteiger partial charge in [-0.15, -0.1) is 0 Å². The van der Waals surface area contributed by atoms with Gasteiger partial charge < -0.3 is 9.30 Å². The Kier molecular flexibility index (Phi) is 5.42. The quantitative estimate of drug-likeness (QED) is 0.640. The van der Waals surface area contributed by atoms with E-state index in [1.165, 1.54) is 29.5 Å². The predicted molar refractivity (Wildman–Crippen MR) is 98.0 cm³/mol. The normalized spacial score (nSPS) is 11.9. The van der Waals surface area contributed by atoms with E-state index in [0.717, 1.165) is 10.2 Å². The molecule has 4 nitrogen and oxygen atoms in total. The van der Waals surface area contributed by atoms with Crippen molar-refractivity contribution in [3.8, 4) is 5.75 Å². The maximum Gasteiger partial charge on any atom is 0.286 e. The fourth-order valence-electron chi connectivity index (χ4n) is 2.31. The van der Waals surface area contributed by atoms with Crippen molar-refractivity contribution in [3.05, 3.63) is 57.1 Å². The molecular weight excluding hydrogens is 386 g/mol. The second kappa shape index (κ2) is 7.56. The minimum atomic E-state index is -0.458. The summed E-state index contributed by atoms with van der Waals surface area (Å²) in [5.74, 6) is -0.424. The Morgan fingerprint density at radius 3 is 2.80 bits per heavy atom. The number of benzene rings is 2. The van der Waals surface area contributed by atoms with Crippen molar-refractivity contribution >= 4 is 50.7 Å². The van der Waals surface area contributed by atoms with Crippen molar-refractivity contribution in [1.29, 1.82) is 0 Å². The molecule has 0 bridgehead atoms. The number of amides is 1. The maximum absolute atomic E-state index is 13.4. The molecule has 0 radical (unpaired) electrons. The van der Waals surface area contributed by atoms with Crippen molar-refractivity contribution in [3.63, 3.8) is 0 Å². The van der Waals surface area contributed by atoms with E-state index in [4.69, 9.17) is 27.9 Å². The lowest BCUT2D eigenvalue weighted by molar-refractivity contribution is -0.120. The average molecular weight is 399 g/mol. The van der Waals surface area contributed by atoms with E-state index in [1.54, 1.807) is 18.2 Å². The molecule has 0 atom stereocenters. The van der Waals surface area contributed by atoms with Crippen LogP contribution < -0.4 is 9.54 Å². The van der Waals surface area contributed by atoms with E-state index >= 15 is 0 Å². The van der Waals surface area contributed by atoms with Crippen LogP contribution in [0.5, 0.6) is 5.75 Å². The van der Waals surface area contributed by atoms with Crippen LogP contribution in [0.1, 0.15) is 6.92 Å². The van der Waals surface area contributed by atoms with Crippen molar-refractivity contribution in [2.24, 2.45) is 4.99 Å². The van der Waals surface area contributed by atoms with Gasteiger partial charge in [-0.3, -0.25) is 4.79 Å². The second-order valence-electron chi connectivity index (χ2n) is 5.11. The smallest absolute Gasteiger partial charge is 0.286 e. The Hall–Kier alpha value is -1.89. The fourth-order valence-corrected chi connectivity index (χ4v) is 3.91. The first-order valence-corrected chi connectivity index (χ1v) is 8.99. The highest BCUT2D eigenvalue weighted by molar-refractivity contribution is 7.16. The van der Waals surface area contributed by atoms with Gasteiger partial charge in [-0.2, -0.15) is 4.99 Å². The third kappa shape index (κ3) is 4.03. The lowest BCUT2D eigenvalue weighted by Crippen LogP contribution is -2.18. The molecule has 1 amide bonds. The summed E-state index contributed by atoms with van der Waals surface area (Å²) in [6, 6.07) is 9.24. The largest absolute Gasteiger partial charge is 0.482 e. The van der Waals surface area contributed by atoms with Gasteiger partial charge in [0.2, 0.25) is 0 Å². The highest BCUT2D eigenvalue weighted by Crippen LogP contribution is 2.27. The van der Waals surface area contributed by atoms with Crippen LogP contribution in [0.25, 0.3) is 10.2 Å². The molecule has 8 heteroatoms. The molecule has 0 aliphatic heterocycles. The Bertz CT molecular complexity index is 1010. The number of carbonyl (C=O) groups excluding carboxylic acids is 1. The SMILES string of the molecule is CCn1c(=NC(=O)COc2ccc(Cl)cc2Cl)sc2cc(F)ccc21. The number of carbonyl (C=O) groups is 1.